The molecule has 0 radical (unpaired) electrons. The van der Waals surface area contributed by atoms with E-state index in [0.29, 0.717) is 6.42 Å². The van der Waals surface area contributed by atoms with Crippen molar-refractivity contribution in [2.45, 2.75) is 38.5 Å². The van der Waals surface area contributed by atoms with E-state index in [9.17, 15) is 9.67 Å². The summed E-state index contributed by atoms with van der Waals surface area (Å²) in [5.74, 6) is 0. The summed E-state index contributed by atoms with van der Waals surface area (Å²) in [6, 6.07) is 0. The predicted octanol–water partition coefficient (Wildman–Crippen LogP) is 1.73. The molecule has 2 nitrogen and oxygen atoms in total. The Morgan fingerprint density at radius 1 is 1.60 bits per heavy atom. The molecular formula is C7H17O2P. The fourth-order valence-electron chi connectivity index (χ4n) is 0.745. The van der Waals surface area contributed by atoms with Gasteiger partial charge in [0.2, 0.25) is 0 Å². The van der Waals surface area contributed by atoms with E-state index >= 15 is 0 Å². The average Bonchev–Trinajstić information content (AvgIpc) is 1.86. The summed E-state index contributed by atoms with van der Waals surface area (Å²) >= 11 is 0. The molecule has 0 spiro atoms. The third-order valence-corrected chi connectivity index (χ3v) is 4.28. The molecule has 0 rings (SSSR count). The van der Waals surface area contributed by atoms with Gasteiger partial charge in [-0.05, 0) is 13.1 Å². The SMILES string of the molecule is CC[C@H](O)C(C)(C)[PH](C)=O. The fraction of sp³-hybridized carbons (Fsp3) is 1.00. The van der Waals surface area contributed by atoms with Gasteiger partial charge in [-0.25, -0.2) is 0 Å². The molecule has 0 aromatic rings. The van der Waals surface area contributed by atoms with Crippen molar-refractivity contribution in [3.8, 4) is 0 Å². The summed E-state index contributed by atoms with van der Waals surface area (Å²) in [4.78, 5) is 0. The summed E-state index contributed by atoms with van der Waals surface area (Å²) in [5, 5.41) is 8.99. The van der Waals surface area contributed by atoms with Crippen molar-refractivity contribution < 1.29 is 9.67 Å². The maximum Gasteiger partial charge on any atom is 0.0811 e. The first kappa shape index (κ1) is 10.2. The molecule has 10 heavy (non-hydrogen) atoms. The lowest BCUT2D eigenvalue weighted by atomic mass is 10.0. The molecule has 3 heteroatoms. The molecular weight excluding hydrogens is 147 g/mol. The Bertz CT molecular complexity index is 132. The molecule has 2 atom stereocenters. The van der Waals surface area contributed by atoms with E-state index < -0.39 is 13.9 Å². The van der Waals surface area contributed by atoms with Crippen LogP contribution in [0.1, 0.15) is 27.2 Å². The third kappa shape index (κ3) is 2.10. The van der Waals surface area contributed by atoms with E-state index in [0.717, 1.165) is 0 Å². The molecule has 1 unspecified atom stereocenters. The Kier molecular flexibility index (Phi) is 3.61. The largest absolute Gasteiger partial charge is 0.392 e. The Hall–Kier alpha value is 0.190. The van der Waals surface area contributed by atoms with Gasteiger partial charge in [0.25, 0.3) is 0 Å². The first-order valence-corrected chi connectivity index (χ1v) is 5.52. The second kappa shape index (κ2) is 3.54. The lowest BCUT2D eigenvalue weighted by molar-refractivity contribution is 0.134. The molecule has 62 valence electrons. The minimum Gasteiger partial charge on any atom is -0.392 e. The minimum atomic E-state index is -1.62. The Morgan fingerprint density at radius 3 is 2.10 bits per heavy atom. The predicted molar refractivity (Wildman–Crippen MR) is 45.3 cm³/mol. The topological polar surface area (TPSA) is 37.3 Å². The number of aliphatic hydroxyl groups is 1. The average molecular weight is 164 g/mol. The van der Waals surface area contributed by atoms with E-state index in [1.54, 1.807) is 6.66 Å². The van der Waals surface area contributed by atoms with Crippen molar-refractivity contribution in [3.63, 3.8) is 0 Å². The van der Waals surface area contributed by atoms with Gasteiger partial charge in [0.05, 0.1) is 13.9 Å². The molecule has 0 saturated heterocycles. The number of rotatable bonds is 3. The smallest absolute Gasteiger partial charge is 0.0811 e. The normalized spacial score (nSPS) is 18.5. The van der Waals surface area contributed by atoms with Crippen molar-refractivity contribution in [1.29, 1.82) is 0 Å². The van der Waals surface area contributed by atoms with Crippen LogP contribution in [0.5, 0.6) is 0 Å². The van der Waals surface area contributed by atoms with Gasteiger partial charge in [-0.1, -0.05) is 20.8 Å². The molecule has 0 amide bonds. The van der Waals surface area contributed by atoms with E-state index in [1.165, 1.54) is 0 Å². The van der Waals surface area contributed by atoms with Crippen LogP contribution in [0.15, 0.2) is 0 Å². The molecule has 0 saturated carbocycles. The van der Waals surface area contributed by atoms with E-state index in [-0.39, 0.29) is 5.16 Å². The maximum absolute atomic E-state index is 11.1. The van der Waals surface area contributed by atoms with Crippen LogP contribution in [0.3, 0.4) is 0 Å². The maximum atomic E-state index is 11.1. The Morgan fingerprint density at radius 2 is 2.00 bits per heavy atom. The van der Waals surface area contributed by atoms with Crippen LogP contribution in [-0.4, -0.2) is 23.0 Å². The minimum absolute atomic E-state index is 0.389. The third-order valence-electron chi connectivity index (χ3n) is 2.13. The zero-order valence-corrected chi connectivity index (χ0v) is 8.14. The van der Waals surface area contributed by atoms with E-state index in [1.807, 2.05) is 20.8 Å². The second-order valence-corrected chi connectivity index (χ2v) is 5.60. The first-order valence-electron chi connectivity index (χ1n) is 3.62. The summed E-state index contributed by atoms with van der Waals surface area (Å²) in [6.45, 7) is 7.30. The molecule has 0 heterocycles. The van der Waals surface area contributed by atoms with Gasteiger partial charge in [0.15, 0.2) is 0 Å². The zero-order chi connectivity index (χ0) is 8.36. The molecule has 0 aromatic carbocycles. The molecule has 0 bridgehead atoms. The van der Waals surface area contributed by atoms with Gasteiger partial charge in [-0.15, -0.1) is 0 Å². The lowest BCUT2D eigenvalue weighted by Crippen LogP contribution is -2.31. The molecule has 0 aliphatic carbocycles. The van der Waals surface area contributed by atoms with Gasteiger partial charge in [0.1, 0.15) is 0 Å². The van der Waals surface area contributed by atoms with Gasteiger partial charge in [-0.3, -0.25) is 0 Å². The van der Waals surface area contributed by atoms with Crippen LogP contribution in [0.4, 0.5) is 0 Å². The van der Waals surface area contributed by atoms with Crippen LogP contribution in [0.25, 0.3) is 0 Å². The number of hydrogen-bond acceptors (Lipinski definition) is 2. The quantitative estimate of drug-likeness (QED) is 0.645. The summed E-state index contributed by atoms with van der Waals surface area (Å²) in [7, 11) is -1.62. The van der Waals surface area contributed by atoms with Crippen molar-refractivity contribution >= 4 is 7.80 Å². The fourth-order valence-corrected chi connectivity index (χ4v) is 1.42. The highest BCUT2D eigenvalue weighted by molar-refractivity contribution is 7.45. The summed E-state index contributed by atoms with van der Waals surface area (Å²) in [5.41, 5.74) is 0. The highest BCUT2D eigenvalue weighted by Gasteiger charge is 2.29. The van der Waals surface area contributed by atoms with Crippen LogP contribution in [-0.2, 0) is 4.57 Å². The Balaban J connectivity index is 4.23. The van der Waals surface area contributed by atoms with Crippen molar-refractivity contribution in [2.75, 3.05) is 6.66 Å². The van der Waals surface area contributed by atoms with Crippen LogP contribution in [0.2, 0.25) is 0 Å². The molecule has 0 aliphatic heterocycles. The molecule has 0 aromatic heterocycles. The highest BCUT2D eigenvalue weighted by atomic mass is 31.1. The highest BCUT2D eigenvalue weighted by Crippen LogP contribution is 2.38. The van der Waals surface area contributed by atoms with Gasteiger partial charge in [-0.2, -0.15) is 0 Å². The van der Waals surface area contributed by atoms with Crippen LogP contribution in [0, 0.1) is 0 Å². The standard InChI is InChI=1S/C7H17O2P/c1-5-6(8)7(2,3)10(4)9/h6,8,10H,5H2,1-4H3/t6-/m0/s1. The Labute approximate surface area is 63.4 Å². The first-order chi connectivity index (χ1) is 4.42. The second-order valence-electron chi connectivity index (χ2n) is 3.20. The lowest BCUT2D eigenvalue weighted by Gasteiger charge is -2.27. The zero-order valence-electron chi connectivity index (χ0n) is 7.14. The van der Waals surface area contributed by atoms with Crippen molar-refractivity contribution in [3.05, 3.63) is 0 Å². The van der Waals surface area contributed by atoms with Crippen LogP contribution >= 0.6 is 7.80 Å². The number of aliphatic hydroxyl groups excluding tert-OH is 1. The summed E-state index contributed by atoms with van der Waals surface area (Å²) < 4.78 is 11.1. The van der Waals surface area contributed by atoms with Gasteiger partial charge < -0.3 is 9.67 Å². The molecule has 0 fully saturated rings. The monoisotopic (exact) mass is 164 g/mol. The summed E-state index contributed by atoms with van der Waals surface area (Å²) in [6.07, 6.45) is 0.251. The molecule has 1 N–H and O–H groups in total. The van der Waals surface area contributed by atoms with E-state index in [4.69, 9.17) is 0 Å². The molecule has 0 aliphatic rings. The van der Waals surface area contributed by atoms with Gasteiger partial charge in [0, 0.05) is 5.16 Å². The van der Waals surface area contributed by atoms with Crippen molar-refractivity contribution in [1.82, 2.24) is 0 Å². The van der Waals surface area contributed by atoms with E-state index in [2.05, 4.69) is 0 Å². The van der Waals surface area contributed by atoms with Crippen molar-refractivity contribution in [2.24, 2.45) is 0 Å². The van der Waals surface area contributed by atoms with Gasteiger partial charge >= 0.3 is 0 Å². The van der Waals surface area contributed by atoms with Crippen LogP contribution < -0.4 is 0 Å². The number of hydrogen-bond donors (Lipinski definition) is 1.